The van der Waals surface area contributed by atoms with E-state index in [0.717, 1.165) is 16.9 Å². The Morgan fingerprint density at radius 3 is 2.38 bits per heavy atom. The first-order valence-corrected chi connectivity index (χ1v) is 10.9. The Balaban J connectivity index is 1.55. The van der Waals surface area contributed by atoms with E-state index in [9.17, 15) is 4.79 Å². The number of aromatic nitrogens is 2. The second kappa shape index (κ2) is 10.6. The van der Waals surface area contributed by atoms with Crippen LogP contribution >= 0.6 is 0 Å². The van der Waals surface area contributed by atoms with Crippen LogP contribution in [0, 0.1) is 0 Å². The van der Waals surface area contributed by atoms with Crippen LogP contribution in [0.15, 0.2) is 85.2 Å². The van der Waals surface area contributed by atoms with Gasteiger partial charge in [-0.2, -0.15) is 0 Å². The van der Waals surface area contributed by atoms with Crippen LogP contribution in [0.25, 0.3) is 0 Å². The van der Waals surface area contributed by atoms with Crippen LogP contribution in [-0.2, 0) is 13.7 Å². The van der Waals surface area contributed by atoms with Gasteiger partial charge in [-0.1, -0.05) is 42.5 Å². The maximum Gasteiger partial charge on any atom is 0.252 e. The number of methoxy groups -OCH3 is 2. The maximum absolute atomic E-state index is 13.2. The fourth-order valence-electron chi connectivity index (χ4n) is 3.63. The van der Waals surface area contributed by atoms with E-state index in [1.807, 2.05) is 72.4 Å². The fourth-order valence-corrected chi connectivity index (χ4v) is 3.63. The molecule has 0 aliphatic heterocycles. The van der Waals surface area contributed by atoms with E-state index in [0.29, 0.717) is 29.5 Å². The van der Waals surface area contributed by atoms with Gasteiger partial charge in [0.1, 0.15) is 24.2 Å². The Morgan fingerprint density at radius 2 is 1.74 bits per heavy atom. The predicted molar refractivity (Wildman–Crippen MR) is 129 cm³/mol. The topological polar surface area (TPSA) is 74.6 Å². The Kier molecular flexibility index (Phi) is 7.13. The largest absolute Gasteiger partial charge is 0.497 e. The van der Waals surface area contributed by atoms with Crippen molar-refractivity contribution in [1.82, 2.24) is 14.9 Å². The normalized spacial score (nSPS) is 11.5. The highest BCUT2D eigenvalue weighted by Gasteiger charge is 2.22. The summed E-state index contributed by atoms with van der Waals surface area (Å²) in [6, 6.07) is 22.1. The lowest BCUT2D eigenvalue weighted by Crippen LogP contribution is -2.31. The molecule has 0 saturated carbocycles. The zero-order chi connectivity index (χ0) is 23.9. The zero-order valence-corrected chi connectivity index (χ0v) is 19.4. The monoisotopic (exact) mass is 457 g/mol. The highest BCUT2D eigenvalue weighted by atomic mass is 16.5. The van der Waals surface area contributed by atoms with Crippen LogP contribution in [0.5, 0.6) is 17.2 Å². The van der Waals surface area contributed by atoms with Gasteiger partial charge in [0.2, 0.25) is 0 Å². The Labute approximate surface area is 198 Å². The average Bonchev–Trinajstić information content (AvgIpc) is 3.31. The van der Waals surface area contributed by atoms with E-state index in [1.165, 1.54) is 0 Å². The molecule has 1 heterocycles. The summed E-state index contributed by atoms with van der Waals surface area (Å²) in [6.07, 6.45) is 3.56. The van der Waals surface area contributed by atoms with Gasteiger partial charge in [-0.25, -0.2) is 4.98 Å². The Bertz CT molecular complexity index is 1240. The van der Waals surface area contributed by atoms with E-state index >= 15 is 0 Å². The van der Waals surface area contributed by atoms with Gasteiger partial charge in [-0.05, 0) is 41.5 Å². The van der Waals surface area contributed by atoms with E-state index in [4.69, 9.17) is 14.2 Å². The molecule has 4 aromatic rings. The number of nitrogens with zero attached hydrogens (tertiary/aromatic N) is 2. The molecule has 1 amide bonds. The van der Waals surface area contributed by atoms with Gasteiger partial charge in [0, 0.05) is 25.0 Å². The summed E-state index contributed by atoms with van der Waals surface area (Å²) in [7, 11) is 5.07. The van der Waals surface area contributed by atoms with E-state index in [1.54, 1.807) is 38.6 Å². The number of nitrogens with one attached hydrogen (secondary N) is 1. The van der Waals surface area contributed by atoms with Gasteiger partial charge in [-0.3, -0.25) is 4.79 Å². The third-order valence-electron chi connectivity index (χ3n) is 5.50. The third-order valence-corrected chi connectivity index (χ3v) is 5.50. The molecule has 0 unspecified atom stereocenters. The molecule has 0 aliphatic rings. The SMILES string of the molecule is COc1ccc([C@H](NC(=O)c2ccc(OCc3ccccc3)c(OC)c2)c2nccn2C)cc1. The van der Waals surface area contributed by atoms with Crippen molar-refractivity contribution in [2.45, 2.75) is 12.6 Å². The van der Waals surface area contributed by atoms with Crippen molar-refractivity contribution in [2.75, 3.05) is 14.2 Å². The van der Waals surface area contributed by atoms with Crippen LogP contribution in [0.4, 0.5) is 0 Å². The van der Waals surface area contributed by atoms with Gasteiger partial charge >= 0.3 is 0 Å². The first-order chi connectivity index (χ1) is 16.6. The summed E-state index contributed by atoms with van der Waals surface area (Å²) >= 11 is 0. The summed E-state index contributed by atoms with van der Waals surface area (Å²) in [5, 5.41) is 3.10. The van der Waals surface area contributed by atoms with Gasteiger partial charge in [-0.15, -0.1) is 0 Å². The standard InChI is InChI=1S/C27H27N3O4/c1-30-16-15-28-26(30)25(20-9-12-22(32-2)13-10-20)29-27(31)21-11-14-23(24(17-21)33-3)34-18-19-7-5-4-6-8-19/h4-17,25H,18H2,1-3H3,(H,29,31)/t25-/m0/s1. The Hall–Kier alpha value is -4.26. The number of ether oxygens (including phenoxy) is 3. The van der Waals surface area contributed by atoms with E-state index < -0.39 is 6.04 Å². The summed E-state index contributed by atoms with van der Waals surface area (Å²) in [5.41, 5.74) is 2.39. The highest BCUT2D eigenvalue weighted by molar-refractivity contribution is 5.95. The molecule has 0 spiro atoms. The minimum atomic E-state index is -0.446. The maximum atomic E-state index is 13.2. The fraction of sp³-hybridized carbons (Fsp3) is 0.185. The average molecular weight is 458 g/mol. The predicted octanol–water partition coefficient (Wildman–Crippen LogP) is 4.54. The lowest BCUT2D eigenvalue weighted by atomic mass is 10.0. The molecule has 0 aliphatic carbocycles. The highest BCUT2D eigenvalue weighted by Crippen LogP contribution is 2.30. The zero-order valence-electron chi connectivity index (χ0n) is 19.4. The quantitative estimate of drug-likeness (QED) is 0.400. The summed E-state index contributed by atoms with van der Waals surface area (Å²) in [4.78, 5) is 17.7. The number of rotatable bonds is 9. The molecule has 1 aromatic heterocycles. The van der Waals surface area contributed by atoms with Crippen molar-refractivity contribution in [3.05, 3.63) is 108 Å². The lowest BCUT2D eigenvalue weighted by molar-refractivity contribution is 0.0940. The van der Waals surface area contributed by atoms with Gasteiger partial charge in [0.25, 0.3) is 5.91 Å². The second-order valence-corrected chi connectivity index (χ2v) is 7.72. The number of benzene rings is 3. The van der Waals surface area contributed by atoms with Gasteiger partial charge in [0.15, 0.2) is 11.5 Å². The van der Waals surface area contributed by atoms with E-state index in [-0.39, 0.29) is 5.91 Å². The molecule has 7 heteroatoms. The molecule has 0 radical (unpaired) electrons. The van der Waals surface area contributed by atoms with Crippen LogP contribution in [0.1, 0.15) is 33.4 Å². The second-order valence-electron chi connectivity index (χ2n) is 7.72. The van der Waals surface area contributed by atoms with Crippen LogP contribution in [0.3, 0.4) is 0 Å². The molecule has 34 heavy (non-hydrogen) atoms. The molecule has 1 N–H and O–H groups in total. The first-order valence-electron chi connectivity index (χ1n) is 10.9. The smallest absolute Gasteiger partial charge is 0.252 e. The van der Waals surface area contributed by atoms with Crippen molar-refractivity contribution < 1.29 is 19.0 Å². The van der Waals surface area contributed by atoms with Crippen molar-refractivity contribution >= 4 is 5.91 Å². The molecule has 174 valence electrons. The van der Waals surface area contributed by atoms with Crippen LogP contribution in [-0.4, -0.2) is 29.7 Å². The number of aryl methyl sites for hydroxylation is 1. The molecule has 0 bridgehead atoms. The molecule has 3 aromatic carbocycles. The first kappa shape index (κ1) is 22.9. The van der Waals surface area contributed by atoms with Crippen molar-refractivity contribution in [3.63, 3.8) is 0 Å². The number of hydrogen-bond donors (Lipinski definition) is 1. The van der Waals surface area contributed by atoms with Gasteiger partial charge < -0.3 is 24.1 Å². The molecule has 7 nitrogen and oxygen atoms in total. The van der Waals surface area contributed by atoms with Crippen LogP contribution < -0.4 is 19.5 Å². The number of imidazole rings is 1. The number of carbonyl (C=O) groups excluding carboxylic acids is 1. The number of hydrogen-bond acceptors (Lipinski definition) is 5. The Morgan fingerprint density at radius 1 is 0.971 bits per heavy atom. The molecule has 1 atom stereocenters. The molecular formula is C27H27N3O4. The molecule has 0 fully saturated rings. The summed E-state index contributed by atoms with van der Waals surface area (Å²) in [5.74, 6) is 2.26. The van der Waals surface area contributed by atoms with Crippen molar-refractivity contribution in [3.8, 4) is 17.2 Å². The summed E-state index contributed by atoms with van der Waals surface area (Å²) in [6.45, 7) is 0.404. The molecular weight excluding hydrogens is 430 g/mol. The van der Waals surface area contributed by atoms with E-state index in [2.05, 4.69) is 10.3 Å². The summed E-state index contributed by atoms with van der Waals surface area (Å²) < 4.78 is 18.6. The minimum absolute atomic E-state index is 0.253. The van der Waals surface area contributed by atoms with Crippen molar-refractivity contribution in [2.24, 2.45) is 7.05 Å². The minimum Gasteiger partial charge on any atom is -0.497 e. The van der Waals surface area contributed by atoms with Gasteiger partial charge in [0.05, 0.1) is 14.2 Å². The number of carbonyl (C=O) groups is 1. The lowest BCUT2D eigenvalue weighted by Gasteiger charge is -2.20. The third kappa shape index (κ3) is 5.20. The van der Waals surface area contributed by atoms with Crippen LogP contribution in [0.2, 0.25) is 0 Å². The van der Waals surface area contributed by atoms with Crippen molar-refractivity contribution in [1.29, 1.82) is 0 Å². The number of amides is 1. The molecule has 0 saturated heterocycles. The molecule has 4 rings (SSSR count).